The normalized spacial score (nSPS) is 11.8. The molecule has 0 aliphatic rings. The number of nitrogens with zero attached hydrogens (tertiary/aromatic N) is 1. The molecule has 5 nitrogen and oxygen atoms in total. The number of nitrogens with one attached hydrogen (secondary N) is 1. The minimum atomic E-state index is -0.620. The van der Waals surface area contributed by atoms with Gasteiger partial charge < -0.3 is 11.1 Å². The van der Waals surface area contributed by atoms with Gasteiger partial charge in [-0.25, -0.2) is 0 Å². The number of primary amides is 1. The molecule has 2 amide bonds. The summed E-state index contributed by atoms with van der Waals surface area (Å²) in [5.74, 6) is -0.844. The molecule has 0 spiro atoms. The lowest BCUT2D eigenvalue weighted by Gasteiger charge is -2.12. The quantitative estimate of drug-likeness (QED) is 0.733. The van der Waals surface area contributed by atoms with Crippen LogP contribution >= 0.6 is 0 Å². The fraction of sp³-hybridized carbons (Fsp3) is 0.300. The van der Waals surface area contributed by atoms with Gasteiger partial charge in [-0.05, 0) is 18.6 Å². The smallest absolute Gasteiger partial charge is 0.252 e. The highest BCUT2D eigenvalue weighted by Crippen LogP contribution is 1.98. The fourth-order valence-electron chi connectivity index (χ4n) is 1.12. The number of carbonyl (C=O) groups excluding carboxylic acids is 2. The standard InChI is InChI=1S/C10H13N3O2/c1-2-8(9(11)14)13-10(15)7-3-5-12-6-4-7/h3-6,8H,2H2,1H3,(H2,11,14)(H,13,15)/t8-/m0/s1. The van der Waals surface area contributed by atoms with Crippen LogP contribution in [0.15, 0.2) is 24.5 Å². The van der Waals surface area contributed by atoms with Crippen molar-refractivity contribution in [1.29, 1.82) is 0 Å². The summed E-state index contributed by atoms with van der Waals surface area (Å²) in [6.07, 6.45) is 3.51. The van der Waals surface area contributed by atoms with Gasteiger partial charge in [-0.2, -0.15) is 0 Å². The van der Waals surface area contributed by atoms with Crippen molar-refractivity contribution in [2.45, 2.75) is 19.4 Å². The van der Waals surface area contributed by atoms with Gasteiger partial charge in [0.15, 0.2) is 0 Å². The summed E-state index contributed by atoms with van der Waals surface area (Å²) in [5, 5.41) is 2.54. The molecule has 0 aromatic carbocycles. The van der Waals surface area contributed by atoms with E-state index in [9.17, 15) is 9.59 Å². The molecule has 0 saturated heterocycles. The molecule has 0 aliphatic heterocycles. The number of amides is 2. The van der Waals surface area contributed by atoms with Crippen LogP contribution < -0.4 is 11.1 Å². The van der Waals surface area contributed by atoms with Crippen LogP contribution in [-0.2, 0) is 4.79 Å². The third-order valence-electron chi connectivity index (χ3n) is 2.00. The van der Waals surface area contributed by atoms with Crippen molar-refractivity contribution in [3.63, 3.8) is 0 Å². The van der Waals surface area contributed by atoms with Gasteiger partial charge in [0, 0.05) is 18.0 Å². The maximum atomic E-state index is 11.6. The molecule has 0 saturated carbocycles. The predicted molar refractivity (Wildman–Crippen MR) is 55.0 cm³/mol. The van der Waals surface area contributed by atoms with E-state index in [1.54, 1.807) is 19.1 Å². The number of carbonyl (C=O) groups is 2. The molecule has 1 heterocycles. The molecule has 0 bridgehead atoms. The Morgan fingerprint density at radius 3 is 2.53 bits per heavy atom. The molecule has 3 N–H and O–H groups in total. The molecule has 5 heteroatoms. The Morgan fingerprint density at radius 2 is 2.07 bits per heavy atom. The molecule has 0 fully saturated rings. The molecular formula is C10H13N3O2. The second kappa shape index (κ2) is 5.09. The Hall–Kier alpha value is -1.91. The average Bonchev–Trinajstić information content (AvgIpc) is 2.26. The lowest BCUT2D eigenvalue weighted by atomic mass is 10.2. The van der Waals surface area contributed by atoms with Crippen LogP contribution in [0, 0.1) is 0 Å². The van der Waals surface area contributed by atoms with Crippen LogP contribution in [0.2, 0.25) is 0 Å². The van der Waals surface area contributed by atoms with E-state index >= 15 is 0 Å². The summed E-state index contributed by atoms with van der Waals surface area (Å²) >= 11 is 0. The van der Waals surface area contributed by atoms with Crippen molar-refractivity contribution in [3.8, 4) is 0 Å². The van der Waals surface area contributed by atoms with E-state index in [1.807, 2.05) is 0 Å². The van der Waals surface area contributed by atoms with E-state index < -0.39 is 11.9 Å². The lowest BCUT2D eigenvalue weighted by Crippen LogP contribution is -2.43. The molecule has 0 aliphatic carbocycles. The van der Waals surface area contributed by atoms with Crippen molar-refractivity contribution < 1.29 is 9.59 Å². The van der Waals surface area contributed by atoms with E-state index in [0.717, 1.165) is 0 Å². The fourth-order valence-corrected chi connectivity index (χ4v) is 1.12. The number of rotatable bonds is 4. The zero-order chi connectivity index (χ0) is 11.3. The zero-order valence-electron chi connectivity index (χ0n) is 8.43. The number of nitrogens with two attached hydrogens (primary N) is 1. The summed E-state index contributed by atoms with van der Waals surface area (Å²) in [6.45, 7) is 1.78. The third kappa shape index (κ3) is 3.05. The SMILES string of the molecule is CC[C@H](NC(=O)c1ccncc1)C(N)=O. The van der Waals surface area contributed by atoms with Gasteiger partial charge in [0.05, 0.1) is 0 Å². The van der Waals surface area contributed by atoms with Crippen molar-refractivity contribution in [1.82, 2.24) is 10.3 Å². The Balaban J connectivity index is 2.67. The Morgan fingerprint density at radius 1 is 1.47 bits per heavy atom. The van der Waals surface area contributed by atoms with Crippen LogP contribution in [0.3, 0.4) is 0 Å². The molecule has 1 atom stereocenters. The van der Waals surface area contributed by atoms with Crippen molar-refractivity contribution in [2.75, 3.05) is 0 Å². The first kappa shape index (κ1) is 11.2. The highest BCUT2D eigenvalue weighted by atomic mass is 16.2. The molecule has 0 radical (unpaired) electrons. The van der Waals surface area contributed by atoms with Crippen molar-refractivity contribution >= 4 is 11.8 Å². The zero-order valence-corrected chi connectivity index (χ0v) is 8.43. The molecule has 1 rings (SSSR count). The first-order chi connectivity index (χ1) is 7.15. The summed E-state index contributed by atoms with van der Waals surface area (Å²) in [5.41, 5.74) is 5.57. The molecular weight excluding hydrogens is 194 g/mol. The molecule has 0 unspecified atom stereocenters. The number of hydrogen-bond donors (Lipinski definition) is 2. The summed E-state index contributed by atoms with van der Waals surface area (Å²) in [6, 6.07) is 2.53. The van der Waals surface area contributed by atoms with Crippen LogP contribution in [0.5, 0.6) is 0 Å². The average molecular weight is 207 g/mol. The minimum absolute atomic E-state index is 0.317. The lowest BCUT2D eigenvalue weighted by molar-refractivity contribution is -0.119. The van der Waals surface area contributed by atoms with Gasteiger partial charge in [-0.1, -0.05) is 6.92 Å². The topological polar surface area (TPSA) is 85.1 Å². The second-order valence-electron chi connectivity index (χ2n) is 3.07. The first-order valence-corrected chi connectivity index (χ1v) is 4.65. The van der Waals surface area contributed by atoms with Gasteiger partial charge in [0.1, 0.15) is 6.04 Å². The Labute approximate surface area is 87.7 Å². The molecule has 1 aromatic heterocycles. The van der Waals surface area contributed by atoms with Gasteiger partial charge in [0.25, 0.3) is 5.91 Å². The molecule has 15 heavy (non-hydrogen) atoms. The molecule has 1 aromatic rings. The predicted octanol–water partition coefficient (Wildman–Crippen LogP) is 0.0753. The van der Waals surface area contributed by atoms with E-state index in [0.29, 0.717) is 12.0 Å². The van der Waals surface area contributed by atoms with Gasteiger partial charge in [-0.3, -0.25) is 14.6 Å². The Kier molecular flexibility index (Phi) is 3.79. The second-order valence-corrected chi connectivity index (χ2v) is 3.07. The monoisotopic (exact) mass is 207 g/mol. The van der Waals surface area contributed by atoms with Crippen LogP contribution in [0.25, 0.3) is 0 Å². The number of hydrogen-bond acceptors (Lipinski definition) is 3. The third-order valence-corrected chi connectivity index (χ3v) is 2.00. The van der Waals surface area contributed by atoms with Gasteiger partial charge >= 0.3 is 0 Å². The van der Waals surface area contributed by atoms with Crippen molar-refractivity contribution in [3.05, 3.63) is 30.1 Å². The van der Waals surface area contributed by atoms with E-state index in [-0.39, 0.29) is 5.91 Å². The Bertz CT molecular complexity index is 351. The van der Waals surface area contributed by atoms with E-state index in [1.165, 1.54) is 12.4 Å². The maximum Gasteiger partial charge on any atom is 0.252 e. The van der Waals surface area contributed by atoms with Crippen LogP contribution in [0.1, 0.15) is 23.7 Å². The highest BCUT2D eigenvalue weighted by Gasteiger charge is 2.16. The summed E-state index contributed by atoms with van der Waals surface area (Å²) in [4.78, 5) is 26.3. The highest BCUT2D eigenvalue weighted by molar-refractivity contribution is 5.97. The van der Waals surface area contributed by atoms with Crippen LogP contribution in [-0.4, -0.2) is 22.8 Å². The summed E-state index contributed by atoms with van der Waals surface area (Å²) < 4.78 is 0. The summed E-state index contributed by atoms with van der Waals surface area (Å²) in [7, 11) is 0. The van der Waals surface area contributed by atoms with E-state index in [4.69, 9.17) is 5.73 Å². The van der Waals surface area contributed by atoms with Gasteiger partial charge in [-0.15, -0.1) is 0 Å². The number of pyridine rings is 1. The largest absolute Gasteiger partial charge is 0.368 e. The minimum Gasteiger partial charge on any atom is -0.368 e. The van der Waals surface area contributed by atoms with Crippen molar-refractivity contribution in [2.24, 2.45) is 5.73 Å². The molecule has 80 valence electrons. The van der Waals surface area contributed by atoms with E-state index in [2.05, 4.69) is 10.3 Å². The first-order valence-electron chi connectivity index (χ1n) is 4.65. The van der Waals surface area contributed by atoms with Gasteiger partial charge in [0.2, 0.25) is 5.91 Å². The van der Waals surface area contributed by atoms with Crippen LogP contribution in [0.4, 0.5) is 0 Å². The number of aromatic nitrogens is 1. The maximum absolute atomic E-state index is 11.6.